The van der Waals surface area contributed by atoms with Crippen LogP contribution in [-0.2, 0) is 5.41 Å². The molecule has 2 aromatic rings. The number of rotatable bonds is 4. The number of hydrogen-bond acceptors (Lipinski definition) is 3. The van der Waals surface area contributed by atoms with Gasteiger partial charge in [-0.15, -0.1) is 0 Å². The molecule has 142 valence electrons. The topological polar surface area (TPSA) is 43.8 Å². The van der Waals surface area contributed by atoms with Crippen LogP contribution in [0.3, 0.4) is 0 Å². The van der Waals surface area contributed by atoms with Crippen LogP contribution in [0.15, 0.2) is 59.7 Å². The van der Waals surface area contributed by atoms with Crippen molar-refractivity contribution >= 4 is 11.8 Å². The van der Waals surface area contributed by atoms with Crippen LogP contribution in [0, 0.1) is 0 Å². The summed E-state index contributed by atoms with van der Waals surface area (Å²) >= 11 is 0. The number of anilines is 1. The van der Waals surface area contributed by atoms with Crippen molar-refractivity contribution in [3.63, 3.8) is 0 Å². The van der Waals surface area contributed by atoms with Gasteiger partial charge in [0, 0.05) is 51.4 Å². The van der Waals surface area contributed by atoms with E-state index in [2.05, 4.69) is 67.6 Å². The third-order valence-corrected chi connectivity index (χ3v) is 6.05. The number of benzene rings is 1. The number of nitrogens with zero attached hydrogens (tertiary/aromatic N) is 4. The van der Waals surface area contributed by atoms with Gasteiger partial charge in [-0.2, -0.15) is 0 Å². The minimum Gasteiger partial charge on any atom is -0.355 e. The molecule has 27 heavy (non-hydrogen) atoms. The first kappa shape index (κ1) is 17.8. The Morgan fingerprint density at radius 1 is 1.04 bits per heavy atom. The molecule has 1 aliphatic carbocycles. The Morgan fingerprint density at radius 2 is 1.78 bits per heavy atom. The zero-order chi connectivity index (χ0) is 18.5. The van der Waals surface area contributed by atoms with E-state index in [-0.39, 0.29) is 5.41 Å². The monoisotopic (exact) mass is 363 g/mol. The molecule has 5 heteroatoms. The molecule has 5 nitrogen and oxygen atoms in total. The first-order chi connectivity index (χ1) is 13.3. The summed E-state index contributed by atoms with van der Waals surface area (Å²) in [7, 11) is 1.89. The standard InChI is InChI=1S/C22H29N5/c1-23-21(25-18-22(11-7-12-22)19-8-3-2-4-9-19)27-16-14-26(15-17-27)20-10-5-6-13-24-20/h2-6,8-10,13H,7,11-12,14-18H2,1H3,(H,23,25). The highest BCUT2D eigenvalue weighted by Crippen LogP contribution is 2.43. The SMILES string of the molecule is CN=C(NCC1(c2ccccc2)CCC1)N1CCN(c2ccccn2)CC1. The van der Waals surface area contributed by atoms with Gasteiger partial charge < -0.3 is 15.1 Å². The zero-order valence-corrected chi connectivity index (χ0v) is 16.1. The van der Waals surface area contributed by atoms with Gasteiger partial charge in [0.1, 0.15) is 5.82 Å². The Balaban J connectivity index is 1.35. The highest BCUT2D eigenvalue weighted by Gasteiger charge is 2.38. The van der Waals surface area contributed by atoms with Crippen LogP contribution in [0.4, 0.5) is 5.82 Å². The Bertz CT molecular complexity index is 747. The molecule has 0 bridgehead atoms. The first-order valence-corrected chi connectivity index (χ1v) is 9.98. The molecule has 4 rings (SSSR count). The van der Waals surface area contributed by atoms with Gasteiger partial charge >= 0.3 is 0 Å². The Labute approximate surface area is 162 Å². The second kappa shape index (κ2) is 7.99. The van der Waals surface area contributed by atoms with E-state index in [9.17, 15) is 0 Å². The van der Waals surface area contributed by atoms with Crippen LogP contribution in [0.5, 0.6) is 0 Å². The highest BCUT2D eigenvalue weighted by atomic mass is 15.4. The minimum absolute atomic E-state index is 0.271. The predicted molar refractivity (Wildman–Crippen MR) is 111 cm³/mol. The summed E-state index contributed by atoms with van der Waals surface area (Å²) in [5.41, 5.74) is 1.73. The maximum Gasteiger partial charge on any atom is 0.193 e. The molecule has 0 atom stereocenters. The minimum atomic E-state index is 0.271. The van der Waals surface area contributed by atoms with Gasteiger partial charge in [0.2, 0.25) is 0 Å². The molecule has 0 spiro atoms. The van der Waals surface area contributed by atoms with E-state index in [1.807, 2.05) is 19.3 Å². The van der Waals surface area contributed by atoms with Crippen molar-refractivity contribution < 1.29 is 0 Å². The van der Waals surface area contributed by atoms with Gasteiger partial charge in [-0.1, -0.05) is 42.8 Å². The molecule has 1 saturated heterocycles. The van der Waals surface area contributed by atoms with Crippen LogP contribution in [0.1, 0.15) is 24.8 Å². The molecular formula is C22H29N5. The molecule has 0 unspecified atom stereocenters. The lowest BCUT2D eigenvalue weighted by Crippen LogP contribution is -2.55. The Hall–Kier alpha value is -2.56. The van der Waals surface area contributed by atoms with Gasteiger partial charge in [0.05, 0.1) is 0 Å². The molecule has 2 heterocycles. The summed E-state index contributed by atoms with van der Waals surface area (Å²) < 4.78 is 0. The number of aliphatic imine (C=N–C) groups is 1. The number of hydrogen-bond donors (Lipinski definition) is 1. The van der Waals surface area contributed by atoms with Crippen LogP contribution < -0.4 is 10.2 Å². The van der Waals surface area contributed by atoms with Gasteiger partial charge in [-0.25, -0.2) is 4.98 Å². The second-order valence-corrected chi connectivity index (χ2v) is 7.56. The van der Waals surface area contributed by atoms with Crippen molar-refractivity contribution in [2.45, 2.75) is 24.7 Å². The quantitative estimate of drug-likeness (QED) is 0.670. The fourth-order valence-corrected chi connectivity index (χ4v) is 4.23. The van der Waals surface area contributed by atoms with Gasteiger partial charge in [0.15, 0.2) is 5.96 Å². The Morgan fingerprint density at radius 3 is 2.37 bits per heavy atom. The van der Waals surface area contributed by atoms with Crippen molar-refractivity contribution in [1.82, 2.24) is 15.2 Å². The highest BCUT2D eigenvalue weighted by molar-refractivity contribution is 5.80. The summed E-state index contributed by atoms with van der Waals surface area (Å²) in [5, 5.41) is 3.68. The lowest BCUT2D eigenvalue weighted by molar-refractivity contribution is 0.240. The average molecular weight is 364 g/mol. The van der Waals surface area contributed by atoms with E-state index < -0.39 is 0 Å². The van der Waals surface area contributed by atoms with Crippen LogP contribution >= 0.6 is 0 Å². The average Bonchev–Trinajstić information content (AvgIpc) is 2.72. The second-order valence-electron chi connectivity index (χ2n) is 7.56. The number of piperazine rings is 1. The maximum absolute atomic E-state index is 4.56. The van der Waals surface area contributed by atoms with Crippen LogP contribution in [-0.4, -0.2) is 55.6 Å². The smallest absolute Gasteiger partial charge is 0.193 e. The van der Waals surface area contributed by atoms with E-state index in [4.69, 9.17) is 0 Å². The summed E-state index contributed by atoms with van der Waals surface area (Å²) in [6.07, 6.45) is 5.70. The predicted octanol–water partition coefficient (Wildman–Crippen LogP) is 2.90. The number of pyridine rings is 1. The molecule has 2 aliphatic rings. The zero-order valence-electron chi connectivity index (χ0n) is 16.1. The van der Waals surface area contributed by atoms with E-state index >= 15 is 0 Å². The number of aromatic nitrogens is 1. The molecule has 1 aromatic carbocycles. The fourth-order valence-electron chi connectivity index (χ4n) is 4.23. The summed E-state index contributed by atoms with van der Waals surface area (Å²) in [6.45, 7) is 4.84. The van der Waals surface area contributed by atoms with Crippen molar-refractivity contribution in [1.29, 1.82) is 0 Å². The number of nitrogens with one attached hydrogen (secondary N) is 1. The van der Waals surface area contributed by atoms with E-state index in [0.29, 0.717) is 0 Å². The third kappa shape index (κ3) is 3.77. The number of guanidine groups is 1. The molecule has 1 N–H and O–H groups in total. The van der Waals surface area contributed by atoms with Gasteiger partial charge in [-0.05, 0) is 30.5 Å². The summed E-state index contributed by atoms with van der Waals surface area (Å²) in [4.78, 5) is 13.8. The van der Waals surface area contributed by atoms with Crippen molar-refractivity contribution in [2.24, 2.45) is 4.99 Å². The van der Waals surface area contributed by atoms with Crippen LogP contribution in [0.25, 0.3) is 0 Å². The summed E-state index contributed by atoms with van der Waals surface area (Å²) in [5.74, 6) is 2.09. The van der Waals surface area contributed by atoms with Gasteiger partial charge in [-0.3, -0.25) is 4.99 Å². The molecule has 2 fully saturated rings. The molecule has 0 amide bonds. The normalized spacial score (nSPS) is 19.5. The van der Waals surface area contributed by atoms with Crippen molar-refractivity contribution in [2.75, 3.05) is 44.7 Å². The van der Waals surface area contributed by atoms with Crippen molar-refractivity contribution in [3.8, 4) is 0 Å². The lowest BCUT2D eigenvalue weighted by Gasteiger charge is -2.44. The largest absolute Gasteiger partial charge is 0.355 e. The Kier molecular flexibility index (Phi) is 5.28. The molecule has 0 radical (unpaired) electrons. The van der Waals surface area contributed by atoms with Crippen molar-refractivity contribution in [3.05, 3.63) is 60.3 Å². The van der Waals surface area contributed by atoms with Gasteiger partial charge in [0.25, 0.3) is 0 Å². The first-order valence-electron chi connectivity index (χ1n) is 9.98. The molecule has 1 saturated carbocycles. The fraction of sp³-hybridized carbons (Fsp3) is 0.455. The van der Waals surface area contributed by atoms with E-state index in [0.717, 1.165) is 44.5 Å². The third-order valence-electron chi connectivity index (χ3n) is 6.05. The maximum atomic E-state index is 4.56. The van der Waals surface area contributed by atoms with Crippen LogP contribution in [0.2, 0.25) is 0 Å². The molecular weight excluding hydrogens is 334 g/mol. The summed E-state index contributed by atoms with van der Waals surface area (Å²) in [6, 6.07) is 17.1. The van der Waals surface area contributed by atoms with E-state index in [1.165, 1.54) is 24.8 Å². The molecule has 1 aliphatic heterocycles. The molecule has 1 aromatic heterocycles. The lowest BCUT2D eigenvalue weighted by atomic mass is 9.64. The van der Waals surface area contributed by atoms with E-state index in [1.54, 1.807) is 0 Å².